The lowest BCUT2D eigenvalue weighted by Gasteiger charge is -2.20. The Morgan fingerprint density at radius 1 is 1.16 bits per heavy atom. The minimum absolute atomic E-state index is 0.0573. The maximum absolute atomic E-state index is 12.7. The van der Waals surface area contributed by atoms with E-state index in [2.05, 4.69) is 10.3 Å². The number of rotatable bonds is 5. The minimum atomic E-state index is -0.741. The van der Waals surface area contributed by atoms with E-state index in [1.54, 1.807) is 52.1 Å². The summed E-state index contributed by atoms with van der Waals surface area (Å²) in [5.74, 6) is -0.471. The van der Waals surface area contributed by atoms with Gasteiger partial charge >= 0.3 is 11.9 Å². The van der Waals surface area contributed by atoms with Gasteiger partial charge in [-0.1, -0.05) is 12.1 Å². The maximum Gasteiger partial charge on any atom is 0.340 e. The first-order valence-corrected chi connectivity index (χ1v) is 9.39. The van der Waals surface area contributed by atoms with Crippen LogP contribution in [-0.2, 0) is 4.74 Å². The summed E-state index contributed by atoms with van der Waals surface area (Å²) in [6, 6.07) is 13.4. The molecule has 2 aromatic carbocycles. The van der Waals surface area contributed by atoms with E-state index in [0.29, 0.717) is 17.1 Å². The second kappa shape index (κ2) is 8.71. The molecule has 158 valence electrons. The zero-order valence-electron chi connectivity index (χ0n) is 17.6. The molecule has 0 radical (unpaired) electrons. The molecule has 0 fully saturated rings. The number of methoxy groups -OCH3 is 1. The van der Waals surface area contributed by atoms with E-state index in [-0.39, 0.29) is 22.7 Å². The first-order valence-electron chi connectivity index (χ1n) is 9.39. The molecule has 1 amide bonds. The molecule has 8 heteroatoms. The van der Waals surface area contributed by atoms with Crippen LogP contribution >= 0.6 is 0 Å². The molecule has 3 rings (SSSR count). The summed E-state index contributed by atoms with van der Waals surface area (Å²) in [7, 11) is 1.55. The molecule has 0 aliphatic heterocycles. The third-order valence-corrected chi connectivity index (χ3v) is 4.07. The highest BCUT2D eigenvalue weighted by atomic mass is 16.6. The number of benzene rings is 2. The number of nitriles is 1. The van der Waals surface area contributed by atoms with Gasteiger partial charge in [-0.2, -0.15) is 5.26 Å². The van der Waals surface area contributed by atoms with Crippen LogP contribution in [0.3, 0.4) is 0 Å². The van der Waals surface area contributed by atoms with Crippen molar-refractivity contribution in [1.82, 2.24) is 4.98 Å². The van der Waals surface area contributed by atoms with Crippen molar-refractivity contribution in [3.05, 3.63) is 65.7 Å². The first kappa shape index (κ1) is 21.6. The molecule has 3 aromatic rings. The van der Waals surface area contributed by atoms with Gasteiger partial charge in [0.2, 0.25) is 0 Å². The molecule has 0 saturated heterocycles. The average molecular weight is 419 g/mol. The normalized spacial score (nSPS) is 10.8. The van der Waals surface area contributed by atoms with Gasteiger partial charge in [0, 0.05) is 5.56 Å². The Morgan fingerprint density at radius 3 is 2.61 bits per heavy atom. The molecule has 0 spiro atoms. The average Bonchev–Trinajstić information content (AvgIpc) is 3.23. The minimum Gasteiger partial charge on any atom is -0.497 e. The molecule has 0 aliphatic carbocycles. The Bertz CT molecular complexity index is 1170. The van der Waals surface area contributed by atoms with Gasteiger partial charge < -0.3 is 19.2 Å². The van der Waals surface area contributed by atoms with Crippen molar-refractivity contribution in [3.63, 3.8) is 0 Å². The molecule has 0 unspecified atom stereocenters. The monoisotopic (exact) mass is 419 g/mol. The van der Waals surface area contributed by atoms with Crippen LogP contribution < -0.4 is 10.1 Å². The molecular weight excluding hydrogens is 398 g/mol. The predicted octanol–water partition coefficient (Wildman–Crippen LogP) is 4.43. The SMILES string of the molecule is COc1cccc(-c2cnc(C(=O)Nc3ccc(C#N)cc3C(=O)OC(C)(C)C)o2)c1. The van der Waals surface area contributed by atoms with Crippen molar-refractivity contribution < 1.29 is 23.5 Å². The Labute approximate surface area is 179 Å². The second-order valence-corrected chi connectivity index (χ2v) is 7.59. The molecular formula is C23H21N3O5. The van der Waals surface area contributed by atoms with Crippen LogP contribution in [0.25, 0.3) is 11.3 Å². The van der Waals surface area contributed by atoms with Crippen LogP contribution in [0, 0.1) is 11.3 Å². The number of oxazole rings is 1. The summed E-state index contributed by atoms with van der Waals surface area (Å²) < 4.78 is 16.2. The Hall–Kier alpha value is -4.12. The number of hydrogen-bond donors (Lipinski definition) is 1. The van der Waals surface area contributed by atoms with E-state index < -0.39 is 17.5 Å². The number of amides is 1. The number of aromatic nitrogens is 1. The predicted molar refractivity (Wildman–Crippen MR) is 113 cm³/mol. The van der Waals surface area contributed by atoms with Gasteiger partial charge in [0.25, 0.3) is 5.89 Å². The lowest BCUT2D eigenvalue weighted by atomic mass is 10.1. The van der Waals surface area contributed by atoms with Gasteiger partial charge in [-0.25, -0.2) is 9.78 Å². The highest BCUT2D eigenvalue weighted by Gasteiger charge is 2.23. The number of esters is 1. The van der Waals surface area contributed by atoms with Crippen LogP contribution in [0.15, 0.2) is 53.1 Å². The number of anilines is 1. The van der Waals surface area contributed by atoms with Crippen LogP contribution in [0.1, 0.15) is 47.4 Å². The standard InChI is InChI=1S/C23H21N3O5/c1-23(2,3)31-22(28)17-10-14(12-24)8-9-18(17)26-20(27)21-25-13-19(30-21)15-6-5-7-16(11-15)29-4/h5-11,13H,1-4H3,(H,26,27). The van der Waals surface area contributed by atoms with Crippen molar-refractivity contribution in [3.8, 4) is 23.1 Å². The zero-order valence-corrected chi connectivity index (χ0v) is 17.6. The number of ether oxygens (including phenoxy) is 2. The van der Waals surface area contributed by atoms with Crippen molar-refractivity contribution >= 4 is 17.6 Å². The van der Waals surface area contributed by atoms with E-state index in [0.717, 1.165) is 0 Å². The van der Waals surface area contributed by atoms with Crippen LogP contribution in [0.5, 0.6) is 5.75 Å². The third kappa shape index (κ3) is 5.28. The second-order valence-electron chi connectivity index (χ2n) is 7.59. The number of carbonyl (C=O) groups excluding carboxylic acids is 2. The van der Waals surface area contributed by atoms with E-state index in [4.69, 9.17) is 19.2 Å². The summed E-state index contributed by atoms with van der Waals surface area (Å²) in [6.45, 7) is 5.18. The van der Waals surface area contributed by atoms with Gasteiger partial charge in [-0.15, -0.1) is 0 Å². The maximum atomic E-state index is 12.7. The fourth-order valence-electron chi connectivity index (χ4n) is 2.69. The number of nitrogens with one attached hydrogen (secondary N) is 1. The Kier molecular flexibility index (Phi) is 6.07. The fourth-order valence-corrected chi connectivity index (χ4v) is 2.69. The van der Waals surface area contributed by atoms with E-state index >= 15 is 0 Å². The Balaban J connectivity index is 1.86. The van der Waals surface area contributed by atoms with Crippen molar-refractivity contribution in [2.24, 2.45) is 0 Å². The topological polar surface area (TPSA) is 114 Å². The van der Waals surface area contributed by atoms with E-state index in [1.807, 2.05) is 6.07 Å². The molecule has 8 nitrogen and oxygen atoms in total. The molecule has 0 atom stereocenters. The van der Waals surface area contributed by atoms with Gasteiger partial charge in [-0.3, -0.25) is 4.79 Å². The summed E-state index contributed by atoms with van der Waals surface area (Å²) in [5.41, 5.74) is 0.449. The molecule has 31 heavy (non-hydrogen) atoms. The number of hydrogen-bond acceptors (Lipinski definition) is 7. The van der Waals surface area contributed by atoms with Gasteiger partial charge in [-0.05, 0) is 51.1 Å². The third-order valence-electron chi connectivity index (χ3n) is 4.07. The van der Waals surface area contributed by atoms with Crippen LogP contribution in [0.4, 0.5) is 5.69 Å². The molecule has 0 saturated carbocycles. The molecule has 0 bridgehead atoms. The first-order chi connectivity index (χ1) is 14.7. The lowest BCUT2D eigenvalue weighted by Crippen LogP contribution is -2.25. The molecule has 0 aliphatic rings. The van der Waals surface area contributed by atoms with E-state index in [9.17, 15) is 9.59 Å². The van der Waals surface area contributed by atoms with Gasteiger partial charge in [0.05, 0.1) is 36.2 Å². The summed E-state index contributed by atoms with van der Waals surface area (Å²) in [4.78, 5) is 29.3. The molecule has 1 aromatic heterocycles. The summed E-state index contributed by atoms with van der Waals surface area (Å²) in [6.07, 6.45) is 1.43. The van der Waals surface area contributed by atoms with Crippen molar-refractivity contribution in [1.29, 1.82) is 5.26 Å². The molecule has 1 heterocycles. The van der Waals surface area contributed by atoms with Crippen molar-refractivity contribution in [2.75, 3.05) is 12.4 Å². The quantitative estimate of drug-likeness (QED) is 0.608. The zero-order chi connectivity index (χ0) is 22.6. The number of nitrogens with zero attached hydrogens (tertiary/aromatic N) is 2. The summed E-state index contributed by atoms with van der Waals surface area (Å²) in [5, 5.41) is 11.8. The fraction of sp³-hybridized carbons (Fsp3) is 0.217. The lowest BCUT2D eigenvalue weighted by molar-refractivity contribution is 0.00707. The largest absolute Gasteiger partial charge is 0.497 e. The smallest absolute Gasteiger partial charge is 0.340 e. The summed E-state index contributed by atoms with van der Waals surface area (Å²) >= 11 is 0. The highest BCUT2D eigenvalue weighted by Crippen LogP contribution is 2.26. The van der Waals surface area contributed by atoms with Gasteiger partial charge in [0.15, 0.2) is 5.76 Å². The van der Waals surface area contributed by atoms with Crippen molar-refractivity contribution in [2.45, 2.75) is 26.4 Å². The molecule has 1 N–H and O–H groups in total. The Morgan fingerprint density at radius 2 is 1.94 bits per heavy atom. The number of carbonyl (C=O) groups is 2. The van der Waals surface area contributed by atoms with Gasteiger partial charge in [0.1, 0.15) is 11.4 Å². The highest BCUT2D eigenvalue weighted by molar-refractivity contribution is 6.06. The van der Waals surface area contributed by atoms with Crippen LogP contribution in [0.2, 0.25) is 0 Å². The van der Waals surface area contributed by atoms with Crippen LogP contribution in [-0.4, -0.2) is 29.6 Å². The van der Waals surface area contributed by atoms with E-state index in [1.165, 1.54) is 24.4 Å².